The molecule has 0 aliphatic carbocycles. The molecular formula is C49H88O10SSi2. The molecule has 6 atom stereocenters. The van der Waals surface area contributed by atoms with Crippen LogP contribution in [0.4, 0.5) is 0 Å². The zero-order chi connectivity index (χ0) is 45.1. The summed E-state index contributed by atoms with van der Waals surface area (Å²) in [6.07, 6.45) is 27.1. The molecule has 62 heavy (non-hydrogen) atoms. The molecule has 2 saturated heterocycles. The van der Waals surface area contributed by atoms with E-state index in [1.165, 1.54) is 19.3 Å². The molecule has 2 heterocycles. The number of unbranched alkanes of at least 4 members (excludes halogenated alkanes) is 12. The van der Waals surface area contributed by atoms with Crippen molar-refractivity contribution in [2.45, 2.75) is 215 Å². The zero-order valence-corrected chi connectivity index (χ0v) is 42.8. The minimum absolute atomic E-state index is 0.0221. The van der Waals surface area contributed by atoms with E-state index in [4.69, 9.17) is 37.7 Å². The highest BCUT2D eigenvalue weighted by molar-refractivity contribution is 7.86. The quantitative estimate of drug-likeness (QED) is 0.0229. The number of aliphatic hydroxyl groups excluding tert-OH is 1. The lowest BCUT2D eigenvalue weighted by Crippen LogP contribution is -2.34. The van der Waals surface area contributed by atoms with Gasteiger partial charge in [0.1, 0.15) is 25.8 Å². The Morgan fingerprint density at radius 3 is 1.52 bits per heavy atom. The molecular weight excluding hydrogens is 837 g/mol. The summed E-state index contributed by atoms with van der Waals surface area (Å²) < 4.78 is 68.2. The van der Waals surface area contributed by atoms with Gasteiger partial charge in [-0.3, -0.25) is 4.18 Å². The Kier molecular flexibility index (Phi) is 27.4. The molecule has 0 unspecified atom stereocenters. The molecule has 0 saturated carbocycles. The van der Waals surface area contributed by atoms with Crippen LogP contribution < -0.4 is 0 Å². The van der Waals surface area contributed by atoms with Gasteiger partial charge in [0, 0.05) is 36.0 Å². The van der Waals surface area contributed by atoms with Gasteiger partial charge in [-0.15, -0.1) is 0 Å². The lowest BCUT2D eigenvalue weighted by molar-refractivity contribution is -0.146. The van der Waals surface area contributed by atoms with Crippen molar-refractivity contribution in [3.8, 4) is 0 Å². The molecule has 1 aromatic rings. The van der Waals surface area contributed by atoms with Gasteiger partial charge >= 0.3 is 0 Å². The fourth-order valence-electron chi connectivity index (χ4n) is 7.67. The second-order valence-electron chi connectivity index (χ2n) is 20.0. The summed E-state index contributed by atoms with van der Waals surface area (Å²) in [4.78, 5) is 0.214. The van der Waals surface area contributed by atoms with Gasteiger partial charge in [-0.25, -0.2) is 0 Å². The van der Waals surface area contributed by atoms with Crippen molar-refractivity contribution >= 4 is 26.3 Å². The van der Waals surface area contributed by atoms with Crippen LogP contribution in [0.25, 0.3) is 0 Å². The topological polar surface area (TPSA) is 119 Å². The summed E-state index contributed by atoms with van der Waals surface area (Å²) in [6.45, 7) is 18.6. The fraction of sp³-hybridized carbons (Fsp3) is 0.796. The Balaban J connectivity index is 1.44. The third kappa shape index (κ3) is 24.9. The molecule has 0 aromatic heterocycles. The molecule has 0 spiro atoms. The van der Waals surface area contributed by atoms with Crippen LogP contribution in [-0.2, 0) is 42.7 Å². The number of aliphatic hydroxyl groups is 1. The van der Waals surface area contributed by atoms with E-state index in [-0.39, 0.29) is 61.7 Å². The Bertz CT molecular complexity index is 1460. The maximum absolute atomic E-state index is 12.4. The van der Waals surface area contributed by atoms with Gasteiger partial charge in [0.2, 0.25) is 0 Å². The van der Waals surface area contributed by atoms with Crippen molar-refractivity contribution < 1.29 is 46.1 Å². The number of allylic oxidation sites excluding steroid dienone is 2. The van der Waals surface area contributed by atoms with Gasteiger partial charge in [-0.2, -0.15) is 8.42 Å². The minimum Gasteiger partial charge on any atom is -0.396 e. The Morgan fingerprint density at radius 2 is 1.06 bits per heavy atom. The van der Waals surface area contributed by atoms with Crippen molar-refractivity contribution in [2.75, 3.05) is 40.0 Å². The van der Waals surface area contributed by atoms with E-state index in [1.54, 1.807) is 24.3 Å². The van der Waals surface area contributed by atoms with E-state index >= 15 is 0 Å². The number of aryl methyl sites for hydroxylation is 1. The van der Waals surface area contributed by atoms with Gasteiger partial charge in [-0.1, -0.05) is 133 Å². The second-order valence-corrected chi connectivity index (χ2v) is 32.9. The monoisotopic (exact) mass is 925 g/mol. The van der Waals surface area contributed by atoms with Crippen molar-refractivity contribution in [1.82, 2.24) is 0 Å². The third-order valence-corrected chi connectivity index (χ3v) is 16.5. The number of benzene rings is 1. The summed E-state index contributed by atoms with van der Waals surface area (Å²) in [5.41, 5.74) is 1.02. The Morgan fingerprint density at radius 1 is 0.629 bits per heavy atom. The lowest BCUT2D eigenvalue weighted by Gasteiger charge is -2.26. The Labute approximate surface area is 380 Å². The highest BCUT2D eigenvalue weighted by atomic mass is 32.2. The van der Waals surface area contributed by atoms with Crippen LogP contribution in [0.5, 0.6) is 0 Å². The molecule has 2 fully saturated rings. The molecule has 358 valence electrons. The van der Waals surface area contributed by atoms with E-state index in [9.17, 15) is 8.42 Å². The molecule has 0 bridgehead atoms. The third-order valence-electron chi connectivity index (χ3n) is 11.7. The van der Waals surface area contributed by atoms with Gasteiger partial charge in [-0.05, 0) is 95.4 Å². The summed E-state index contributed by atoms with van der Waals surface area (Å²) in [7, 11) is -6.06. The van der Waals surface area contributed by atoms with Crippen LogP contribution >= 0.6 is 0 Å². The normalized spacial score (nSPS) is 21.2. The van der Waals surface area contributed by atoms with Gasteiger partial charge in [0.05, 0.1) is 35.9 Å². The maximum Gasteiger partial charge on any atom is 0.296 e. The molecule has 13 heteroatoms. The Hall–Kier alpha value is -1.24. The van der Waals surface area contributed by atoms with E-state index < -0.39 is 26.3 Å². The van der Waals surface area contributed by atoms with E-state index in [1.807, 2.05) is 6.92 Å². The summed E-state index contributed by atoms with van der Waals surface area (Å²) in [5.74, 6) is 0. The number of hydrogen-bond donors (Lipinski definition) is 1. The first-order valence-corrected chi connectivity index (χ1v) is 33.1. The molecule has 0 amide bonds. The van der Waals surface area contributed by atoms with Gasteiger partial charge in [0.15, 0.2) is 0 Å². The number of ether oxygens (including phenoxy) is 6. The molecule has 2 aliphatic heterocycles. The smallest absolute Gasteiger partial charge is 0.296 e. The minimum atomic E-state index is -3.70. The molecule has 2 aliphatic rings. The highest BCUT2D eigenvalue weighted by Gasteiger charge is 2.41. The van der Waals surface area contributed by atoms with Crippen LogP contribution in [0.3, 0.4) is 0 Å². The van der Waals surface area contributed by atoms with Crippen molar-refractivity contribution in [3.05, 3.63) is 54.1 Å². The van der Waals surface area contributed by atoms with E-state index in [0.717, 1.165) is 127 Å². The van der Waals surface area contributed by atoms with Crippen LogP contribution in [0, 0.1) is 6.92 Å². The maximum atomic E-state index is 12.4. The average molecular weight is 925 g/mol. The van der Waals surface area contributed by atoms with E-state index in [0.29, 0.717) is 6.61 Å². The van der Waals surface area contributed by atoms with Crippen LogP contribution in [0.1, 0.15) is 121 Å². The lowest BCUT2D eigenvalue weighted by atomic mass is 10.0. The van der Waals surface area contributed by atoms with Gasteiger partial charge in [0.25, 0.3) is 10.1 Å². The summed E-state index contributed by atoms with van der Waals surface area (Å²) in [5, 5.41) is 9.03. The van der Waals surface area contributed by atoms with Crippen molar-refractivity contribution in [3.63, 3.8) is 0 Å². The first-order valence-electron chi connectivity index (χ1n) is 24.3. The summed E-state index contributed by atoms with van der Waals surface area (Å²) >= 11 is 0. The highest BCUT2D eigenvalue weighted by Crippen LogP contribution is 2.35. The van der Waals surface area contributed by atoms with Gasteiger partial charge < -0.3 is 33.5 Å². The first kappa shape index (κ1) is 55.1. The second kappa shape index (κ2) is 30.9. The van der Waals surface area contributed by atoms with Crippen LogP contribution in [0.15, 0.2) is 53.5 Å². The fourth-order valence-corrected chi connectivity index (χ4v) is 10.1. The van der Waals surface area contributed by atoms with Crippen molar-refractivity contribution in [1.29, 1.82) is 0 Å². The zero-order valence-electron chi connectivity index (χ0n) is 40.0. The predicted molar refractivity (Wildman–Crippen MR) is 258 cm³/mol. The average Bonchev–Trinajstić information content (AvgIpc) is 3.91. The SMILES string of the molecule is Cc1ccc(S(=O)(=O)OCCCCCCCC/C=C/[C@@H](OCOCC[Si](C)(C)C)[C@H]2CC[C@H]([C@H]3CC[C@H]([C@@H](/C=C/CCCCCCCCO)OCOCC[Si](C)(C)C)O3)O2)cc1. The first-order chi connectivity index (χ1) is 29.7. The number of rotatable bonds is 36. The van der Waals surface area contributed by atoms with Crippen LogP contribution in [0.2, 0.25) is 51.4 Å². The van der Waals surface area contributed by atoms with E-state index in [2.05, 4.69) is 63.6 Å². The molecule has 0 radical (unpaired) electrons. The molecule has 1 N–H and O–H groups in total. The molecule has 10 nitrogen and oxygen atoms in total. The standard InChI is InChI=1S/C49H88O10SSi2/c1-42-26-28-43(29-27-42)60(51,52)57-35-23-19-15-11-9-13-17-21-25-45(56-41-54-37-39-62(5,6)7)47-31-33-49(59-47)48-32-30-46(58-48)44(55-40-53-36-38-61(2,3)4)24-20-16-12-8-10-14-18-22-34-50/h20-21,24-29,44-50H,8-19,22-23,30-41H2,1-7H3/b24-20+,25-21+/t44-,45-,46-,47-,48-,49-/m1/s1. The predicted octanol–water partition coefficient (Wildman–Crippen LogP) is 11.8. The van der Waals surface area contributed by atoms with Crippen molar-refractivity contribution in [2.24, 2.45) is 0 Å². The molecule has 3 rings (SSSR count). The molecule has 1 aromatic carbocycles. The largest absolute Gasteiger partial charge is 0.396 e. The van der Waals surface area contributed by atoms with Crippen LogP contribution in [-0.4, -0.2) is 106 Å². The summed E-state index contributed by atoms with van der Waals surface area (Å²) in [6, 6.07) is 9.00. The number of hydrogen-bond acceptors (Lipinski definition) is 10.